The normalized spacial score (nSPS) is 19.3. The predicted octanol–water partition coefficient (Wildman–Crippen LogP) is 4.88. The zero-order valence-corrected chi connectivity index (χ0v) is 18.6. The third-order valence-electron chi connectivity index (χ3n) is 5.69. The van der Waals surface area contributed by atoms with Crippen LogP contribution in [0.4, 0.5) is 13.2 Å². The molecule has 10 heteroatoms. The summed E-state index contributed by atoms with van der Waals surface area (Å²) in [5.74, 6) is -0.721. The van der Waals surface area contributed by atoms with E-state index in [4.69, 9.17) is 0 Å². The van der Waals surface area contributed by atoms with Crippen LogP contribution in [0.1, 0.15) is 53.0 Å². The molecular formula is C22H24F3N5OS. The number of alkyl halides is 3. The number of aryl methyl sites for hydroxylation is 2. The van der Waals surface area contributed by atoms with Gasteiger partial charge in [-0.15, -0.1) is 5.10 Å². The first kappa shape index (κ1) is 22.6. The minimum absolute atomic E-state index is 0.0664. The lowest BCUT2D eigenvalue weighted by molar-refractivity contribution is -0.183. The Morgan fingerprint density at radius 3 is 2.78 bits per heavy atom. The van der Waals surface area contributed by atoms with Crippen LogP contribution in [0.15, 0.2) is 35.5 Å². The van der Waals surface area contributed by atoms with Crippen LogP contribution in [0, 0.1) is 19.8 Å². The van der Waals surface area contributed by atoms with Gasteiger partial charge in [-0.3, -0.25) is 4.79 Å². The highest BCUT2D eigenvalue weighted by molar-refractivity contribution is 7.98. The number of hydrogen-bond acceptors (Lipinski definition) is 5. The van der Waals surface area contributed by atoms with Crippen molar-refractivity contribution >= 4 is 23.4 Å². The van der Waals surface area contributed by atoms with Crippen LogP contribution >= 0.6 is 11.8 Å². The van der Waals surface area contributed by atoms with Gasteiger partial charge in [-0.2, -0.15) is 18.2 Å². The molecule has 1 saturated carbocycles. The van der Waals surface area contributed by atoms with Crippen LogP contribution in [0.2, 0.25) is 0 Å². The fourth-order valence-electron chi connectivity index (χ4n) is 4.10. The monoisotopic (exact) mass is 463 g/mol. The molecule has 0 aliphatic heterocycles. The molecule has 4 rings (SSSR count). The summed E-state index contributed by atoms with van der Waals surface area (Å²) in [5, 5.41) is 7.83. The first-order chi connectivity index (χ1) is 15.2. The fraction of sp³-hybridized carbons (Fsp3) is 0.455. The Morgan fingerprint density at radius 1 is 1.22 bits per heavy atom. The number of rotatable bonds is 5. The van der Waals surface area contributed by atoms with Crippen LogP contribution in [-0.2, 0) is 5.75 Å². The van der Waals surface area contributed by atoms with Crippen molar-refractivity contribution in [2.45, 2.75) is 62.7 Å². The number of nitrogens with zero attached hydrogens (tertiary/aromatic N) is 4. The Hall–Kier alpha value is -2.62. The molecule has 1 aromatic carbocycles. The maximum Gasteiger partial charge on any atom is 0.391 e. The van der Waals surface area contributed by atoms with Gasteiger partial charge in [-0.1, -0.05) is 36.4 Å². The Bertz CT molecular complexity index is 1130. The lowest BCUT2D eigenvalue weighted by Crippen LogP contribution is -2.41. The molecule has 2 heterocycles. The van der Waals surface area contributed by atoms with Gasteiger partial charge in [0.1, 0.15) is 0 Å². The second-order valence-corrected chi connectivity index (χ2v) is 9.11. The van der Waals surface area contributed by atoms with Crippen molar-refractivity contribution in [3.05, 3.63) is 52.8 Å². The number of aromatic nitrogens is 4. The molecule has 1 aliphatic rings. The van der Waals surface area contributed by atoms with Crippen LogP contribution < -0.4 is 5.32 Å². The van der Waals surface area contributed by atoms with Gasteiger partial charge in [0.15, 0.2) is 0 Å². The molecule has 0 bridgehead atoms. The molecule has 2 aromatic heterocycles. The Labute approximate surface area is 188 Å². The molecule has 170 valence electrons. The molecule has 2 unspecified atom stereocenters. The molecule has 2 atom stereocenters. The van der Waals surface area contributed by atoms with Crippen molar-refractivity contribution in [2.75, 3.05) is 0 Å². The summed E-state index contributed by atoms with van der Waals surface area (Å²) < 4.78 is 40.9. The average Bonchev–Trinajstić information content (AvgIpc) is 3.15. The first-order valence-corrected chi connectivity index (χ1v) is 11.5. The summed E-state index contributed by atoms with van der Waals surface area (Å²) in [6.45, 7) is 3.83. The van der Waals surface area contributed by atoms with E-state index in [0.29, 0.717) is 35.1 Å². The SMILES string of the molecule is Cc1cc(C)n2nc(SCc3ccccc3C(=O)NC3CCCC(C(F)(F)F)C3)nc2n1. The third-order valence-corrected chi connectivity index (χ3v) is 6.58. The maximum absolute atomic E-state index is 13.1. The van der Waals surface area contributed by atoms with Gasteiger partial charge in [-0.05, 0) is 50.8 Å². The highest BCUT2D eigenvalue weighted by Crippen LogP contribution is 2.37. The number of fused-ring (bicyclic) bond motifs is 1. The van der Waals surface area contributed by atoms with E-state index >= 15 is 0 Å². The van der Waals surface area contributed by atoms with Crippen molar-refractivity contribution in [1.82, 2.24) is 24.9 Å². The van der Waals surface area contributed by atoms with Gasteiger partial charge >= 0.3 is 6.18 Å². The Morgan fingerprint density at radius 2 is 2.00 bits per heavy atom. The molecule has 0 radical (unpaired) electrons. The van der Waals surface area contributed by atoms with Gasteiger partial charge in [0.25, 0.3) is 11.7 Å². The van der Waals surface area contributed by atoms with Crippen LogP contribution in [0.25, 0.3) is 5.78 Å². The van der Waals surface area contributed by atoms with Crippen molar-refractivity contribution in [3.8, 4) is 0 Å². The number of hydrogen-bond donors (Lipinski definition) is 1. The number of carbonyl (C=O) groups excluding carboxylic acids is 1. The molecule has 1 fully saturated rings. The van der Waals surface area contributed by atoms with Gasteiger partial charge < -0.3 is 5.32 Å². The topological polar surface area (TPSA) is 72.2 Å². The fourth-order valence-corrected chi connectivity index (χ4v) is 4.92. The van der Waals surface area contributed by atoms with E-state index in [1.807, 2.05) is 32.0 Å². The number of halogens is 3. The van der Waals surface area contributed by atoms with Crippen molar-refractivity contribution in [3.63, 3.8) is 0 Å². The van der Waals surface area contributed by atoms with Crippen molar-refractivity contribution < 1.29 is 18.0 Å². The highest BCUT2D eigenvalue weighted by Gasteiger charge is 2.42. The quantitative estimate of drug-likeness (QED) is 0.546. The lowest BCUT2D eigenvalue weighted by atomic mass is 9.85. The van der Waals surface area contributed by atoms with Crippen LogP contribution in [0.5, 0.6) is 0 Å². The number of benzene rings is 1. The third kappa shape index (κ3) is 5.06. The maximum atomic E-state index is 13.1. The molecule has 6 nitrogen and oxygen atoms in total. The second kappa shape index (κ2) is 9.09. The zero-order valence-electron chi connectivity index (χ0n) is 17.8. The molecule has 3 aromatic rings. The minimum Gasteiger partial charge on any atom is -0.349 e. The van der Waals surface area contributed by atoms with Gasteiger partial charge in [0, 0.05) is 28.7 Å². The average molecular weight is 464 g/mol. The van der Waals surface area contributed by atoms with Gasteiger partial charge in [-0.25, -0.2) is 9.50 Å². The highest BCUT2D eigenvalue weighted by atomic mass is 32.2. The van der Waals surface area contributed by atoms with Gasteiger partial charge in [0.05, 0.1) is 5.92 Å². The summed E-state index contributed by atoms with van der Waals surface area (Å²) in [7, 11) is 0. The zero-order chi connectivity index (χ0) is 22.9. The minimum atomic E-state index is -4.22. The number of nitrogens with one attached hydrogen (secondary N) is 1. The van der Waals surface area contributed by atoms with Crippen molar-refractivity contribution in [2.24, 2.45) is 5.92 Å². The number of carbonyl (C=O) groups is 1. The van der Waals surface area contributed by atoms with E-state index in [9.17, 15) is 18.0 Å². The first-order valence-electron chi connectivity index (χ1n) is 10.5. The molecule has 1 aliphatic carbocycles. The molecule has 32 heavy (non-hydrogen) atoms. The van der Waals surface area contributed by atoms with Crippen molar-refractivity contribution in [1.29, 1.82) is 0 Å². The molecule has 1 amide bonds. The standard InChI is InChI=1S/C22H24F3N5OS/c1-13-10-14(2)30-20(26-13)28-21(29-30)32-12-15-6-3-4-9-18(15)19(31)27-17-8-5-7-16(11-17)22(23,24)25/h3-4,6,9-10,16-17H,5,7-8,11-12H2,1-2H3,(H,27,31). The van der Waals surface area contributed by atoms with E-state index in [-0.39, 0.29) is 18.7 Å². The van der Waals surface area contributed by atoms with E-state index in [2.05, 4.69) is 20.4 Å². The lowest BCUT2D eigenvalue weighted by Gasteiger charge is -2.31. The number of thioether (sulfide) groups is 1. The molecular weight excluding hydrogens is 439 g/mol. The Balaban J connectivity index is 1.45. The van der Waals surface area contributed by atoms with Crippen LogP contribution in [0.3, 0.4) is 0 Å². The second-order valence-electron chi connectivity index (χ2n) is 8.17. The summed E-state index contributed by atoms with van der Waals surface area (Å²) in [6.07, 6.45) is -3.14. The smallest absolute Gasteiger partial charge is 0.349 e. The predicted molar refractivity (Wildman–Crippen MR) is 116 cm³/mol. The summed E-state index contributed by atoms with van der Waals surface area (Å²) >= 11 is 1.38. The van der Waals surface area contributed by atoms with E-state index in [1.165, 1.54) is 11.8 Å². The van der Waals surface area contributed by atoms with E-state index < -0.39 is 18.1 Å². The molecule has 1 N–H and O–H groups in total. The summed E-state index contributed by atoms with van der Waals surface area (Å²) in [5.41, 5.74) is 3.02. The largest absolute Gasteiger partial charge is 0.391 e. The molecule has 0 saturated heterocycles. The summed E-state index contributed by atoms with van der Waals surface area (Å²) in [6, 6.07) is 8.57. The Kier molecular flexibility index (Phi) is 6.41. The van der Waals surface area contributed by atoms with Crippen LogP contribution in [-0.4, -0.2) is 37.7 Å². The summed E-state index contributed by atoms with van der Waals surface area (Å²) in [4.78, 5) is 21.7. The van der Waals surface area contributed by atoms with E-state index in [1.54, 1.807) is 16.6 Å². The van der Waals surface area contributed by atoms with E-state index in [0.717, 1.165) is 17.0 Å². The number of amides is 1. The van der Waals surface area contributed by atoms with Gasteiger partial charge in [0.2, 0.25) is 5.16 Å². The molecule has 0 spiro atoms.